The molecule has 0 aliphatic rings. The molecule has 14 heavy (non-hydrogen) atoms. The Labute approximate surface area is 93.1 Å². The van der Waals surface area contributed by atoms with Crippen LogP contribution in [0.2, 0.25) is 5.02 Å². The number of carboxylic acid groups (broad SMARTS) is 1. The summed E-state index contributed by atoms with van der Waals surface area (Å²) in [4.78, 5) is 10.2. The highest BCUT2D eigenvalue weighted by molar-refractivity contribution is 9.10. The third-order valence-corrected chi connectivity index (χ3v) is 2.41. The topological polar surface area (TPSA) is 37.3 Å². The highest BCUT2D eigenvalue weighted by atomic mass is 79.9. The van der Waals surface area contributed by atoms with Gasteiger partial charge in [-0.2, -0.15) is 0 Å². The minimum Gasteiger partial charge on any atom is -0.478 e. The first kappa shape index (κ1) is 11.2. The van der Waals surface area contributed by atoms with Crippen LogP contribution in [0, 0.1) is 5.82 Å². The number of hydrogen-bond acceptors (Lipinski definition) is 1. The van der Waals surface area contributed by atoms with Gasteiger partial charge >= 0.3 is 5.97 Å². The van der Waals surface area contributed by atoms with E-state index in [1.807, 2.05) is 0 Å². The van der Waals surface area contributed by atoms with E-state index in [-0.39, 0.29) is 5.02 Å². The van der Waals surface area contributed by atoms with Crippen molar-refractivity contribution in [3.05, 3.63) is 39.1 Å². The molecule has 1 aromatic rings. The van der Waals surface area contributed by atoms with E-state index in [0.717, 1.165) is 12.1 Å². The molecule has 0 aromatic heterocycles. The van der Waals surface area contributed by atoms with Gasteiger partial charge in [0.05, 0.1) is 5.02 Å². The van der Waals surface area contributed by atoms with E-state index in [1.165, 1.54) is 12.1 Å². The number of aliphatic carboxylic acids is 1. The average Bonchev–Trinajstić information content (AvgIpc) is 2.01. The first-order valence-corrected chi connectivity index (χ1v) is 4.73. The zero-order valence-corrected chi connectivity index (χ0v) is 9.14. The summed E-state index contributed by atoms with van der Waals surface area (Å²) in [5, 5.41) is 8.55. The van der Waals surface area contributed by atoms with Crippen molar-refractivity contribution in [2.75, 3.05) is 0 Å². The molecular formula is C9H5BrClFO2. The number of halogens is 3. The van der Waals surface area contributed by atoms with E-state index in [4.69, 9.17) is 16.7 Å². The Morgan fingerprint density at radius 2 is 2.21 bits per heavy atom. The van der Waals surface area contributed by atoms with Crippen LogP contribution in [0.1, 0.15) is 5.56 Å². The molecule has 1 rings (SSSR count). The number of hydrogen-bond donors (Lipinski definition) is 1. The quantitative estimate of drug-likeness (QED) is 0.843. The van der Waals surface area contributed by atoms with Gasteiger partial charge in [-0.3, -0.25) is 0 Å². The lowest BCUT2D eigenvalue weighted by Gasteiger charge is -2.01. The number of carboxylic acids is 1. The third-order valence-electron chi connectivity index (χ3n) is 1.44. The van der Waals surface area contributed by atoms with Gasteiger partial charge in [0.25, 0.3) is 0 Å². The van der Waals surface area contributed by atoms with Gasteiger partial charge in [-0.15, -0.1) is 0 Å². The molecular weight excluding hydrogens is 274 g/mol. The lowest BCUT2D eigenvalue weighted by molar-refractivity contribution is -0.131. The number of benzene rings is 1. The van der Waals surface area contributed by atoms with Gasteiger partial charge in [-0.05, 0) is 18.2 Å². The SMILES string of the molecule is O=C(O)/C=C/c1c(Cl)cc(F)cc1Br. The molecule has 0 saturated carbocycles. The van der Waals surface area contributed by atoms with E-state index in [9.17, 15) is 9.18 Å². The van der Waals surface area contributed by atoms with Crippen molar-refractivity contribution in [2.45, 2.75) is 0 Å². The maximum absolute atomic E-state index is 12.8. The monoisotopic (exact) mass is 278 g/mol. The van der Waals surface area contributed by atoms with Crippen LogP contribution in [-0.4, -0.2) is 11.1 Å². The predicted octanol–water partition coefficient (Wildman–Crippen LogP) is 3.34. The molecule has 1 aromatic carbocycles. The number of rotatable bonds is 2. The van der Waals surface area contributed by atoms with E-state index < -0.39 is 11.8 Å². The molecule has 0 radical (unpaired) electrons. The summed E-state index contributed by atoms with van der Waals surface area (Å²) >= 11 is 8.78. The molecule has 1 N–H and O–H groups in total. The Hall–Kier alpha value is -0.870. The van der Waals surface area contributed by atoms with Gasteiger partial charge in [0.1, 0.15) is 5.82 Å². The van der Waals surface area contributed by atoms with Crippen LogP contribution in [-0.2, 0) is 4.79 Å². The van der Waals surface area contributed by atoms with Gasteiger partial charge in [0.15, 0.2) is 0 Å². The van der Waals surface area contributed by atoms with E-state index in [0.29, 0.717) is 10.0 Å². The summed E-state index contributed by atoms with van der Waals surface area (Å²) in [6.45, 7) is 0. The van der Waals surface area contributed by atoms with Crippen molar-refractivity contribution in [2.24, 2.45) is 0 Å². The van der Waals surface area contributed by atoms with Gasteiger partial charge in [0, 0.05) is 16.1 Å². The second-order valence-electron chi connectivity index (χ2n) is 2.45. The van der Waals surface area contributed by atoms with Crippen LogP contribution >= 0.6 is 27.5 Å². The molecule has 0 aliphatic carbocycles. The molecule has 0 saturated heterocycles. The van der Waals surface area contributed by atoms with E-state index >= 15 is 0 Å². The lowest BCUT2D eigenvalue weighted by Crippen LogP contribution is -1.87. The molecule has 0 unspecified atom stereocenters. The largest absolute Gasteiger partial charge is 0.478 e. The van der Waals surface area contributed by atoms with Crippen molar-refractivity contribution in [1.82, 2.24) is 0 Å². The van der Waals surface area contributed by atoms with Gasteiger partial charge < -0.3 is 5.11 Å². The molecule has 0 bridgehead atoms. The Morgan fingerprint density at radius 3 is 2.71 bits per heavy atom. The molecule has 0 aliphatic heterocycles. The highest BCUT2D eigenvalue weighted by Gasteiger charge is 2.05. The Morgan fingerprint density at radius 1 is 1.57 bits per heavy atom. The minimum atomic E-state index is -1.09. The maximum atomic E-state index is 12.8. The third kappa shape index (κ3) is 2.82. The molecule has 0 spiro atoms. The van der Waals surface area contributed by atoms with E-state index in [2.05, 4.69) is 15.9 Å². The summed E-state index contributed by atoms with van der Waals surface area (Å²) in [6, 6.07) is 2.33. The molecule has 2 nitrogen and oxygen atoms in total. The standard InChI is InChI=1S/C9H5BrClFO2/c10-7-3-5(12)4-8(11)6(7)1-2-9(13)14/h1-4H,(H,13,14)/b2-1+. The van der Waals surface area contributed by atoms with Crippen LogP contribution in [0.4, 0.5) is 4.39 Å². The van der Waals surface area contributed by atoms with Gasteiger partial charge in [-0.1, -0.05) is 27.5 Å². The molecule has 0 fully saturated rings. The zero-order valence-electron chi connectivity index (χ0n) is 6.80. The first-order chi connectivity index (χ1) is 6.50. The van der Waals surface area contributed by atoms with Crippen LogP contribution in [0.15, 0.2) is 22.7 Å². The van der Waals surface area contributed by atoms with Crippen molar-refractivity contribution in [3.8, 4) is 0 Å². The molecule has 0 atom stereocenters. The van der Waals surface area contributed by atoms with Crippen LogP contribution in [0.3, 0.4) is 0 Å². The smallest absolute Gasteiger partial charge is 0.328 e. The summed E-state index contributed by atoms with van der Waals surface area (Å²) < 4.78 is 13.2. The van der Waals surface area contributed by atoms with Crippen LogP contribution in [0.5, 0.6) is 0 Å². The maximum Gasteiger partial charge on any atom is 0.328 e. The van der Waals surface area contributed by atoms with Crippen LogP contribution < -0.4 is 0 Å². The normalized spacial score (nSPS) is 10.8. The fourth-order valence-electron chi connectivity index (χ4n) is 0.867. The second-order valence-corrected chi connectivity index (χ2v) is 3.72. The minimum absolute atomic E-state index is 0.161. The average molecular weight is 279 g/mol. The molecule has 0 amide bonds. The molecule has 5 heteroatoms. The highest BCUT2D eigenvalue weighted by Crippen LogP contribution is 2.27. The Balaban J connectivity index is 3.15. The fourth-order valence-corrected chi connectivity index (χ4v) is 1.81. The van der Waals surface area contributed by atoms with Gasteiger partial charge in [0.2, 0.25) is 0 Å². The molecule has 74 valence electrons. The number of carbonyl (C=O) groups is 1. The summed E-state index contributed by atoms with van der Waals surface area (Å²) in [5.74, 6) is -1.56. The van der Waals surface area contributed by atoms with Crippen molar-refractivity contribution in [3.63, 3.8) is 0 Å². The Kier molecular flexibility index (Phi) is 3.66. The van der Waals surface area contributed by atoms with E-state index in [1.54, 1.807) is 0 Å². The zero-order chi connectivity index (χ0) is 10.7. The molecule has 0 heterocycles. The Bertz CT molecular complexity index is 381. The summed E-state index contributed by atoms with van der Waals surface area (Å²) in [7, 11) is 0. The predicted molar refractivity (Wildman–Crippen MR) is 55.8 cm³/mol. The van der Waals surface area contributed by atoms with Crippen molar-refractivity contribution in [1.29, 1.82) is 0 Å². The van der Waals surface area contributed by atoms with Crippen molar-refractivity contribution < 1.29 is 14.3 Å². The summed E-state index contributed by atoms with van der Waals surface area (Å²) in [6.07, 6.45) is 2.23. The van der Waals surface area contributed by atoms with Gasteiger partial charge in [-0.25, -0.2) is 9.18 Å². The second kappa shape index (κ2) is 4.57. The van der Waals surface area contributed by atoms with Crippen LogP contribution in [0.25, 0.3) is 6.08 Å². The first-order valence-electron chi connectivity index (χ1n) is 3.56. The summed E-state index contributed by atoms with van der Waals surface area (Å²) in [5.41, 5.74) is 0.440. The lowest BCUT2D eigenvalue weighted by atomic mass is 10.2. The fraction of sp³-hybridized carbons (Fsp3) is 0. The van der Waals surface area contributed by atoms with Crippen molar-refractivity contribution >= 4 is 39.6 Å².